The number of nitrogens with one attached hydrogen (secondary N) is 1. The van der Waals surface area contributed by atoms with Crippen molar-refractivity contribution >= 4 is 16.9 Å². The van der Waals surface area contributed by atoms with E-state index < -0.39 is 11.2 Å². The molecule has 25 heavy (non-hydrogen) atoms. The number of aryl methyl sites for hydroxylation is 2. The molecule has 0 aliphatic carbocycles. The van der Waals surface area contributed by atoms with Crippen molar-refractivity contribution in [3.8, 4) is 17.1 Å². The summed E-state index contributed by atoms with van der Waals surface area (Å²) in [7, 11) is 3.21. The Morgan fingerprint density at radius 3 is 2.52 bits per heavy atom. The average Bonchev–Trinajstić information content (AvgIpc) is 3.17. The lowest BCUT2D eigenvalue weighted by molar-refractivity contribution is 0.415. The van der Waals surface area contributed by atoms with Gasteiger partial charge in [0.15, 0.2) is 17.0 Å². The van der Waals surface area contributed by atoms with Crippen LogP contribution in [0.25, 0.3) is 28.3 Å². The van der Waals surface area contributed by atoms with Gasteiger partial charge in [-0.25, -0.2) is 9.20 Å². The maximum atomic E-state index is 12.4. The molecule has 0 saturated carbocycles. The van der Waals surface area contributed by atoms with Crippen molar-refractivity contribution < 1.29 is 4.74 Å². The van der Waals surface area contributed by atoms with Gasteiger partial charge in [-0.05, 0) is 31.2 Å². The van der Waals surface area contributed by atoms with E-state index in [4.69, 9.17) is 4.74 Å². The van der Waals surface area contributed by atoms with Crippen LogP contribution in [-0.4, -0.2) is 35.8 Å². The molecule has 0 aliphatic rings. The number of nitrogens with zero attached hydrogens (tertiary/aromatic N) is 5. The summed E-state index contributed by atoms with van der Waals surface area (Å²) < 4.78 is 10.1. The fraction of sp³-hybridized carbons (Fsp3) is 0.250. The number of imidazole rings is 1. The molecule has 0 amide bonds. The summed E-state index contributed by atoms with van der Waals surface area (Å²) in [4.78, 5) is 26.8. The zero-order chi connectivity index (χ0) is 17.7. The molecule has 1 aromatic carbocycles. The van der Waals surface area contributed by atoms with Gasteiger partial charge in [-0.1, -0.05) is 0 Å². The maximum absolute atomic E-state index is 12.4. The summed E-state index contributed by atoms with van der Waals surface area (Å²) in [6.45, 7) is 2.43. The van der Waals surface area contributed by atoms with Crippen LogP contribution in [0.2, 0.25) is 0 Å². The Balaban J connectivity index is 2.16. The maximum Gasteiger partial charge on any atom is 0.329 e. The first-order valence-corrected chi connectivity index (χ1v) is 7.77. The highest BCUT2D eigenvalue weighted by Crippen LogP contribution is 2.25. The molecule has 3 heterocycles. The minimum absolute atomic E-state index is 0.393. The van der Waals surface area contributed by atoms with Crippen LogP contribution in [0.1, 0.15) is 6.92 Å². The molecule has 1 N–H and O–H groups in total. The van der Waals surface area contributed by atoms with Crippen molar-refractivity contribution in [3.05, 3.63) is 45.1 Å². The van der Waals surface area contributed by atoms with Crippen LogP contribution in [0.3, 0.4) is 0 Å². The summed E-state index contributed by atoms with van der Waals surface area (Å²) >= 11 is 0. The molecule has 0 unspecified atom stereocenters. The van der Waals surface area contributed by atoms with E-state index in [1.165, 1.54) is 4.57 Å². The van der Waals surface area contributed by atoms with Crippen molar-refractivity contribution in [2.24, 2.45) is 7.05 Å². The lowest BCUT2D eigenvalue weighted by atomic mass is 10.2. The SMILES string of the molecule is CCn1c2c(=O)[nH]c(=O)n(C)c2n2c(-c3ccc(OC)cc3)nnc12. The predicted octanol–water partition coefficient (Wildman–Crippen LogP) is 0.766. The van der Waals surface area contributed by atoms with Crippen LogP contribution in [-0.2, 0) is 13.6 Å². The van der Waals surface area contributed by atoms with Gasteiger partial charge in [0.2, 0.25) is 5.78 Å². The van der Waals surface area contributed by atoms with E-state index >= 15 is 0 Å². The monoisotopic (exact) mass is 340 g/mol. The largest absolute Gasteiger partial charge is 0.497 e. The molecule has 0 atom stereocenters. The molecule has 0 bridgehead atoms. The highest BCUT2D eigenvalue weighted by molar-refractivity contribution is 5.79. The topological polar surface area (TPSA) is 99.2 Å². The van der Waals surface area contributed by atoms with E-state index in [-0.39, 0.29) is 0 Å². The van der Waals surface area contributed by atoms with E-state index in [1.54, 1.807) is 23.1 Å². The zero-order valence-corrected chi connectivity index (χ0v) is 14.0. The fourth-order valence-corrected chi connectivity index (χ4v) is 3.07. The van der Waals surface area contributed by atoms with Crippen LogP contribution in [0, 0.1) is 0 Å². The second-order valence-corrected chi connectivity index (χ2v) is 5.62. The molecule has 3 aromatic heterocycles. The Morgan fingerprint density at radius 2 is 1.88 bits per heavy atom. The third kappa shape index (κ3) is 2.02. The van der Waals surface area contributed by atoms with E-state index in [0.717, 1.165) is 11.3 Å². The Bertz CT molecular complexity index is 1210. The standard InChI is InChI=1S/C16H16N6O3/c1-4-21-11-13(23)17-16(24)20(2)14(11)22-12(18-19-15(21)22)9-5-7-10(25-3)8-6-9/h5-8H,4H2,1-3H3,(H,17,23,24). The number of methoxy groups -OCH3 is 1. The predicted molar refractivity (Wildman–Crippen MR) is 92.0 cm³/mol. The molecular weight excluding hydrogens is 324 g/mol. The second kappa shape index (κ2) is 5.33. The highest BCUT2D eigenvalue weighted by atomic mass is 16.5. The smallest absolute Gasteiger partial charge is 0.329 e. The first-order valence-electron chi connectivity index (χ1n) is 7.77. The molecule has 0 fully saturated rings. The van der Waals surface area contributed by atoms with Crippen molar-refractivity contribution in [2.75, 3.05) is 7.11 Å². The summed E-state index contributed by atoms with van der Waals surface area (Å²) in [6, 6.07) is 7.36. The van der Waals surface area contributed by atoms with Crippen LogP contribution < -0.4 is 16.0 Å². The third-order valence-electron chi connectivity index (χ3n) is 4.30. The van der Waals surface area contributed by atoms with Crippen molar-refractivity contribution in [1.29, 1.82) is 0 Å². The summed E-state index contributed by atoms with van der Waals surface area (Å²) in [5.74, 6) is 1.79. The van der Waals surface area contributed by atoms with E-state index in [1.807, 2.05) is 31.2 Å². The Hall–Kier alpha value is -3.36. The number of aromatic amines is 1. The molecule has 0 spiro atoms. The average molecular weight is 340 g/mol. The zero-order valence-electron chi connectivity index (χ0n) is 14.0. The van der Waals surface area contributed by atoms with E-state index in [2.05, 4.69) is 15.2 Å². The molecule has 128 valence electrons. The van der Waals surface area contributed by atoms with Gasteiger partial charge < -0.3 is 9.30 Å². The normalized spacial score (nSPS) is 11.5. The fourth-order valence-electron chi connectivity index (χ4n) is 3.07. The van der Waals surface area contributed by atoms with Gasteiger partial charge in [0.1, 0.15) is 5.75 Å². The number of aromatic nitrogens is 6. The van der Waals surface area contributed by atoms with Gasteiger partial charge in [-0.3, -0.25) is 14.3 Å². The lowest BCUT2D eigenvalue weighted by Gasteiger charge is -2.04. The molecule has 4 rings (SSSR count). The van der Waals surface area contributed by atoms with Crippen molar-refractivity contribution in [2.45, 2.75) is 13.5 Å². The van der Waals surface area contributed by atoms with Crippen LogP contribution in [0.4, 0.5) is 0 Å². The van der Waals surface area contributed by atoms with Gasteiger partial charge in [0.05, 0.1) is 7.11 Å². The summed E-state index contributed by atoms with van der Waals surface area (Å²) in [5.41, 5.74) is 0.732. The molecule has 0 aliphatic heterocycles. The number of fused-ring (bicyclic) bond motifs is 3. The molecule has 9 heteroatoms. The minimum Gasteiger partial charge on any atom is -0.497 e. The van der Waals surface area contributed by atoms with Crippen LogP contribution >= 0.6 is 0 Å². The number of hydrogen-bond donors (Lipinski definition) is 1. The molecule has 0 radical (unpaired) electrons. The first kappa shape index (κ1) is 15.2. The lowest BCUT2D eigenvalue weighted by Crippen LogP contribution is -2.29. The van der Waals surface area contributed by atoms with Crippen LogP contribution in [0.5, 0.6) is 5.75 Å². The van der Waals surface area contributed by atoms with E-state index in [0.29, 0.717) is 29.3 Å². The van der Waals surface area contributed by atoms with Gasteiger partial charge in [0, 0.05) is 19.2 Å². The number of H-pyrrole nitrogens is 1. The highest BCUT2D eigenvalue weighted by Gasteiger charge is 2.21. The van der Waals surface area contributed by atoms with Gasteiger partial charge in [-0.15, -0.1) is 10.2 Å². The molecule has 9 nitrogen and oxygen atoms in total. The van der Waals surface area contributed by atoms with E-state index in [9.17, 15) is 9.59 Å². The summed E-state index contributed by atoms with van der Waals surface area (Å²) in [5, 5.41) is 8.50. The Kier molecular flexibility index (Phi) is 3.24. The van der Waals surface area contributed by atoms with Gasteiger partial charge >= 0.3 is 5.69 Å². The minimum atomic E-state index is -0.484. The second-order valence-electron chi connectivity index (χ2n) is 5.62. The molecule has 4 aromatic rings. The first-order chi connectivity index (χ1) is 12.1. The quantitative estimate of drug-likeness (QED) is 0.594. The number of rotatable bonds is 3. The number of hydrogen-bond acceptors (Lipinski definition) is 5. The molecular formula is C16H16N6O3. The number of benzene rings is 1. The third-order valence-corrected chi connectivity index (χ3v) is 4.30. The number of ether oxygens (including phenoxy) is 1. The van der Waals surface area contributed by atoms with Crippen molar-refractivity contribution in [1.82, 2.24) is 28.7 Å². The van der Waals surface area contributed by atoms with Gasteiger partial charge in [-0.2, -0.15) is 0 Å². The molecule has 0 saturated heterocycles. The summed E-state index contributed by atoms with van der Waals surface area (Å²) in [6.07, 6.45) is 0. The van der Waals surface area contributed by atoms with Gasteiger partial charge in [0.25, 0.3) is 5.56 Å². The van der Waals surface area contributed by atoms with Crippen molar-refractivity contribution in [3.63, 3.8) is 0 Å². The Morgan fingerprint density at radius 1 is 1.16 bits per heavy atom. The van der Waals surface area contributed by atoms with Crippen LogP contribution in [0.15, 0.2) is 33.9 Å². The Labute approximate surface area is 141 Å².